The van der Waals surface area contributed by atoms with E-state index in [0.717, 1.165) is 5.69 Å². The number of carboxylic acids is 1. The number of aliphatic carboxylic acids is 1. The predicted octanol–water partition coefficient (Wildman–Crippen LogP) is -0.0380. The van der Waals surface area contributed by atoms with Crippen molar-refractivity contribution in [3.63, 3.8) is 0 Å². The Hall–Kier alpha value is -2.11. The van der Waals surface area contributed by atoms with Gasteiger partial charge in [-0.2, -0.15) is 0 Å². The number of hydrogen-bond donors (Lipinski definition) is 2. The van der Waals surface area contributed by atoms with Gasteiger partial charge >= 0.3 is 5.97 Å². The maximum absolute atomic E-state index is 11.4. The Morgan fingerprint density at radius 2 is 2.24 bits per heavy atom. The van der Waals surface area contributed by atoms with Crippen LogP contribution in [0.3, 0.4) is 0 Å². The van der Waals surface area contributed by atoms with Crippen LogP contribution in [0.4, 0.5) is 5.69 Å². The van der Waals surface area contributed by atoms with E-state index in [-0.39, 0.29) is 11.8 Å². The molecule has 90 valence electrons. The monoisotopic (exact) mass is 235 g/mol. The normalized spacial score (nSPS) is 15.2. The van der Waals surface area contributed by atoms with Gasteiger partial charge in [-0.3, -0.25) is 14.6 Å². The maximum atomic E-state index is 11.4. The summed E-state index contributed by atoms with van der Waals surface area (Å²) >= 11 is 0. The minimum Gasteiger partial charge on any atom is -0.481 e. The van der Waals surface area contributed by atoms with Crippen molar-refractivity contribution < 1.29 is 14.7 Å². The molecule has 0 spiro atoms. The Balaban J connectivity index is 2.08. The Morgan fingerprint density at radius 1 is 1.53 bits per heavy atom. The van der Waals surface area contributed by atoms with Crippen LogP contribution in [0.15, 0.2) is 18.3 Å². The van der Waals surface area contributed by atoms with Gasteiger partial charge in [0.2, 0.25) is 0 Å². The molecule has 0 aromatic carbocycles. The van der Waals surface area contributed by atoms with Crippen molar-refractivity contribution >= 4 is 17.6 Å². The lowest BCUT2D eigenvalue weighted by atomic mass is 10.00. The first-order valence-electron chi connectivity index (χ1n) is 5.27. The molecule has 0 saturated carbocycles. The molecule has 6 nitrogen and oxygen atoms in total. The number of hydrogen-bond acceptors (Lipinski definition) is 4. The molecule has 17 heavy (non-hydrogen) atoms. The van der Waals surface area contributed by atoms with E-state index in [4.69, 9.17) is 5.11 Å². The van der Waals surface area contributed by atoms with Gasteiger partial charge in [-0.05, 0) is 12.1 Å². The van der Waals surface area contributed by atoms with Gasteiger partial charge in [0.15, 0.2) is 0 Å². The molecule has 1 amide bonds. The molecular formula is C11H13N3O3. The summed E-state index contributed by atoms with van der Waals surface area (Å²) in [5.74, 6) is -1.34. The lowest BCUT2D eigenvalue weighted by Crippen LogP contribution is -2.50. The number of carbonyl (C=O) groups excluding carboxylic acids is 1. The van der Waals surface area contributed by atoms with Gasteiger partial charge in [0.1, 0.15) is 5.69 Å². The second-order valence-electron chi connectivity index (χ2n) is 3.92. The Labute approximate surface area is 98.3 Å². The molecule has 2 rings (SSSR count). The zero-order valence-corrected chi connectivity index (χ0v) is 9.38. The first-order valence-corrected chi connectivity index (χ1v) is 5.27. The average molecular weight is 235 g/mol. The van der Waals surface area contributed by atoms with Crippen LogP contribution in [0.5, 0.6) is 0 Å². The van der Waals surface area contributed by atoms with Crippen LogP contribution in [-0.4, -0.2) is 42.1 Å². The van der Waals surface area contributed by atoms with Gasteiger partial charge in [0.25, 0.3) is 5.91 Å². The van der Waals surface area contributed by atoms with Crippen LogP contribution in [-0.2, 0) is 4.79 Å². The fourth-order valence-corrected chi connectivity index (χ4v) is 1.71. The zero-order valence-electron chi connectivity index (χ0n) is 9.38. The molecule has 0 aliphatic carbocycles. The number of aromatic nitrogens is 1. The second kappa shape index (κ2) is 4.40. The van der Waals surface area contributed by atoms with Crippen LogP contribution in [0.2, 0.25) is 0 Å². The summed E-state index contributed by atoms with van der Waals surface area (Å²) in [6, 6.07) is 3.43. The average Bonchev–Trinajstić information content (AvgIpc) is 2.26. The van der Waals surface area contributed by atoms with E-state index in [1.54, 1.807) is 25.4 Å². The summed E-state index contributed by atoms with van der Waals surface area (Å²) in [5, 5.41) is 11.3. The summed E-state index contributed by atoms with van der Waals surface area (Å²) < 4.78 is 0. The van der Waals surface area contributed by atoms with Crippen molar-refractivity contribution in [2.75, 3.05) is 25.0 Å². The summed E-state index contributed by atoms with van der Waals surface area (Å²) in [6.07, 6.45) is 1.55. The Kier molecular flexibility index (Phi) is 2.95. The molecule has 1 aliphatic heterocycles. The lowest BCUT2D eigenvalue weighted by molar-refractivity contribution is -0.142. The highest BCUT2D eigenvalue weighted by molar-refractivity contribution is 5.93. The molecule has 1 saturated heterocycles. The minimum atomic E-state index is -0.776. The second-order valence-corrected chi connectivity index (χ2v) is 3.92. The van der Waals surface area contributed by atoms with E-state index in [2.05, 4.69) is 10.3 Å². The lowest BCUT2D eigenvalue weighted by Gasteiger charge is -2.38. The molecule has 2 heterocycles. The Bertz CT molecular complexity index is 455. The fourth-order valence-electron chi connectivity index (χ4n) is 1.71. The highest BCUT2D eigenvalue weighted by Crippen LogP contribution is 2.24. The molecule has 0 radical (unpaired) electrons. The molecule has 6 heteroatoms. The minimum absolute atomic E-state index is 0.248. The van der Waals surface area contributed by atoms with Gasteiger partial charge in [0.05, 0.1) is 5.92 Å². The highest BCUT2D eigenvalue weighted by atomic mass is 16.4. The number of amides is 1. The standard InChI is InChI=1S/C11H13N3O3/c1-12-10(15)9-4-8(2-3-13-9)14-5-7(6-14)11(16)17/h2-4,7H,5-6H2,1H3,(H,12,15)(H,16,17). The van der Waals surface area contributed by atoms with Crippen LogP contribution < -0.4 is 10.2 Å². The number of anilines is 1. The van der Waals surface area contributed by atoms with Crippen LogP contribution >= 0.6 is 0 Å². The molecule has 0 unspecified atom stereocenters. The van der Waals surface area contributed by atoms with Crippen LogP contribution in [0.1, 0.15) is 10.5 Å². The predicted molar refractivity (Wildman–Crippen MR) is 61.0 cm³/mol. The number of nitrogens with zero attached hydrogens (tertiary/aromatic N) is 2. The van der Waals surface area contributed by atoms with E-state index in [0.29, 0.717) is 18.8 Å². The van der Waals surface area contributed by atoms with Crippen LogP contribution in [0.25, 0.3) is 0 Å². The smallest absolute Gasteiger partial charge is 0.310 e. The number of carbonyl (C=O) groups is 2. The molecule has 0 bridgehead atoms. The SMILES string of the molecule is CNC(=O)c1cc(N2CC(C(=O)O)C2)ccn1. The van der Waals surface area contributed by atoms with Gasteiger partial charge in [-0.1, -0.05) is 0 Å². The largest absolute Gasteiger partial charge is 0.481 e. The van der Waals surface area contributed by atoms with Crippen LogP contribution in [0, 0.1) is 5.92 Å². The van der Waals surface area contributed by atoms with Crippen molar-refractivity contribution in [2.45, 2.75) is 0 Å². The number of nitrogens with one attached hydrogen (secondary N) is 1. The fraction of sp³-hybridized carbons (Fsp3) is 0.364. The van der Waals surface area contributed by atoms with Gasteiger partial charge < -0.3 is 15.3 Å². The topological polar surface area (TPSA) is 82.5 Å². The van der Waals surface area contributed by atoms with Gasteiger partial charge in [-0.25, -0.2) is 0 Å². The van der Waals surface area contributed by atoms with Crippen molar-refractivity contribution in [2.24, 2.45) is 5.92 Å². The third kappa shape index (κ3) is 2.20. The maximum Gasteiger partial charge on any atom is 0.310 e. The molecule has 1 fully saturated rings. The summed E-state index contributed by atoms with van der Waals surface area (Å²) in [4.78, 5) is 27.9. The van der Waals surface area contributed by atoms with Crippen molar-refractivity contribution in [1.82, 2.24) is 10.3 Å². The highest BCUT2D eigenvalue weighted by Gasteiger charge is 2.32. The van der Waals surface area contributed by atoms with E-state index in [1.807, 2.05) is 4.90 Å². The molecule has 1 aromatic rings. The molecule has 1 aromatic heterocycles. The van der Waals surface area contributed by atoms with Crippen molar-refractivity contribution in [1.29, 1.82) is 0 Å². The molecule has 0 atom stereocenters. The first kappa shape index (κ1) is 11.4. The Morgan fingerprint density at radius 3 is 2.82 bits per heavy atom. The zero-order chi connectivity index (χ0) is 12.4. The molecule has 2 N–H and O–H groups in total. The molecular weight excluding hydrogens is 222 g/mol. The summed E-state index contributed by atoms with van der Waals surface area (Å²) in [6.45, 7) is 0.957. The number of pyridine rings is 1. The molecule has 1 aliphatic rings. The summed E-state index contributed by atoms with van der Waals surface area (Å²) in [7, 11) is 1.54. The van der Waals surface area contributed by atoms with Crippen molar-refractivity contribution in [3.05, 3.63) is 24.0 Å². The third-order valence-electron chi connectivity index (χ3n) is 2.80. The van der Waals surface area contributed by atoms with E-state index in [9.17, 15) is 9.59 Å². The van der Waals surface area contributed by atoms with Crippen molar-refractivity contribution in [3.8, 4) is 0 Å². The van der Waals surface area contributed by atoms with E-state index >= 15 is 0 Å². The first-order chi connectivity index (χ1) is 8.11. The van der Waals surface area contributed by atoms with E-state index in [1.165, 1.54) is 0 Å². The van der Waals surface area contributed by atoms with Gasteiger partial charge in [-0.15, -0.1) is 0 Å². The quantitative estimate of drug-likeness (QED) is 0.768. The van der Waals surface area contributed by atoms with E-state index < -0.39 is 5.97 Å². The number of rotatable bonds is 3. The van der Waals surface area contributed by atoms with Gasteiger partial charge in [0, 0.05) is 32.0 Å². The number of carboxylic acid groups (broad SMARTS) is 1. The third-order valence-corrected chi connectivity index (χ3v) is 2.80. The summed E-state index contributed by atoms with van der Waals surface area (Å²) in [5.41, 5.74) is 1.17.